The predicted octanol–water partition coefficient (Wildman–Crippen LogP) is 0.893. The Morgan fingerprint density at radius 1 is 1.00 bits per heavy atom. The smallest absolute Gasteiger partial charge is 0.238 e. The van der Waals surface area contributed by atoms with Crippen LogP contribution in [-0.4, -0.2) is 26.8 Å². The minimum atomic E-state index is -3.73. The van der Waals surface area contributed by atoms with E-state index in [1.54, 1.807) is 36.4 Å². The number of primary sulfonamides is 1. The molecule has 2 rings (SSSR count). The largest absolute Gasteiger partial charge is 0.355 e. The van der Waals surface area contributed by atoms with Gasteiger partial charge >= 0.3 is 0 Å². The molecule has 9 heteroatoms. The molecule has 0 fully saturated rings. The van der Waals surface area contributed by atoms with E-state index in [1.165, 1.54) is 12.1 Å². The molecule has 0 spiro atoms. The van der Waals surface area contributed by atoms with Gasteiger partial charge in [0.05, 0.1) is 16.5 Å². The van der Waals surface area contributed by atoms with Gasteiger partial charge in [0.2, 0.25) is 21.8 Å². The highest BCUT2D eigenvalue weighted by atomic mass is 32.2. The van der Waals surface area contributed by atoms with E-state index in [4.69, 9.17) is 10.4 Å². The summed E-state index contributed by atoms with van der Waals surface area (Å²) in [7, 11) is -3.73. The van der Waals surface area contributed by atoms with Crippen molar-refractivity contribution in [3.05, 3.63) is 59.7 Å². The molecule has 0 radical (unpaired) electrons. The van der Waals surface area contributed by atoms with Crippen LogP contribution in [0.3, 0.4) is 0 Å². The summed E-state index contributed by atoms with van der Waals surface area (Å²) >= 11 is 0. The van der Waals surface area contributed by atoms with E-state index >= 15 is 0 Å². The van der Waals surface area contributed by atoms with Crippen molar-refractivity contribution < 1.29 is 18.0 Å². The minimum absolute atomic E-state index is 0.0229. The molecule has 0 atom stereocenters. The SMILES string of the molecule is N#Cc1ccc(NC(=O)CC(=O)NCCc2ccc(S(N)(=O)=O)cc2)cc1. The van der Waals surface area contributed by atoms with Gasteiger partial charge in [0.15, 0.2) is 0 Å². The molecule has 0 bridgehead atoms. The summed E-state index contributed by atoms with van der Waals surface area (Å²) in [5.74, 6) is -0.892. The zero-order valence-electron chi connectivity index (χ0n) is 14.3. The van der Waals surface area contributed by atoms with Gasteiger partial charge in [0.1, 0.15) is 6.42 Å². The van der Waals surface area contributed by atoms with E-state index in [0.29, 0.717) is 24.2 Å². The van der Waals surface area contributed by atoms with Crippen LogP contribution in [0.15, 0.2) is 53.4 Å². The summed E-state index contributed by atoms with van der Waals surface area (Å²) < 4.78 is 22.4. The number of carbonyl (C=O) groups excluding carboxylic acids is 2. The number of anilines is 1. The molecule has 2 aromatic carbocycles. The number of nitrogens with one attached hydrogen (secondary N) is 2. The molecular weight excluding hydrogens is 368 g/mol. The number of nitrogens with two attached hydrogens (primary N) is 1. The van der Waals surface area contributed by atoms with Crippen LogP contribution in [0.4, 0.5) is 5.69 Å². The molecule has 0 aromatic heterocycles. The monoisotopic (exact) mass is 386 g/mol. The topological polar surface area (TPSA) is 142 Å². The Morgan fingerprint density at radius 2 is 1.63 bits per heavy atom. The van der Waals surface area contributed by atoms with Gasteiger partial charge in [-0.25, -0.2) is 13.6 Å². The molecule has 0 saturated heterocycles. The zero-order valence-corrected chi connectivity index (χ0v) is 15.1. The second kappa shape index (κ2) is 8.93. The van der Waals surface area contributed by atoms with Gasteiger partial charge in [-0.05, 0) is 48.4 Å². The van der Waals surface area contributed by atoms with Gasteiger partial charge in [-0.1, -0.05) is 12.1 Å². The maximum atomic E-state index is 11.8. The van der Waals surface area contributed by atoms with Crippen molar-refractivity contribution in [2.75, 3.05) is 11.9 Å². The van der Waals surface area contributed by atoms with Crippen LogP contribution in [0.25, 0.3) is 0 Å². The van der Waals surface area contributed by atoms with Crippen LogP contribution in [0, 0.1) is 11.3 Å². The van der Waals surface area contributed by atoms with Crippen LogP contribution in [0.1, 0.15) is 17.5 Å². The number of hydrogen-bond acceptors (Lipinski definition) is 5. The Kier molecular flexibility index (Phi) is 6.65. The lowest BCUT2D eigenvalue weighted by Gasteiger charge is -2.07. The lowest BCUT2D eigenvalue weighted by molar-refractivity contribution is -0.126. The highest BCUT2D eigenvalue weighted by Gasteiger charge is 2.10. The molecule has 2 amide bonds. The van der Waals surface area contributed by atoms with Crippen LogP contribution in [-0.2, 0) is 26.0 Å². The van der Waals surface area contributed by atoms with Gasteiger partial charge in [-0.3, -0.25) is 9.59 Å². The standard InChI is InChI=1S/C18H18N4O4S/c19-12-14-1-5-15(6-2-14)22-18(24)11-17(23)21-10-9-13-3-7-16(8-4-13)27(20,25)26/h1-8H,9-11H2,(H,21,23)(H,22,24)(H2,20,25,26). The molecule has 0 aliphatic rings. The highest BCUT2D eigenvalue weighted by Crippen LogP contribution is 2.10. The number of sulfonamides is 1. The molecule has 0 aliphatic carbocycles. The summed E-state index contributed by atoms with van der Waals surface area (Å²) in [6.07, 6.45) is 0.151. The summed E-state index contributed by atoms with van der Waals surface area (Å²) in [4.78, 5) is 23.7. The highest BCUT2D eigenvalue weighted by molar-refractivity contribution is 7.89. The summed E-state index contributed by atoms with van der Waals surface area (Å²) in [6.45, 7) is 0.303. The van der Waals surface area contributed by atoms with Crippen molar-refractivity contribution >= 4 is 27.5 Å². The molecule has 8 nitrogen and oxygen atoms in total. The second-order valence-corrected chi connectivity index (χ2v) is 7.26. The van der Waals surface area contributed by atoms with Crippen molar-refractivity contribution in [1.29, 1.82) is 5.26 Å². The van der Waals surface area contributed by atoms with E-state index < -0.39 is 21.8 Å². The van der Waals surface area contributed by atoms with E-state index in [2.05, 4.69) is 10.6 Å². The van der Waals surface area contributed by atoms with Gasteiger partial charge in [-0.2, -0.15) is 5.26 Å². The summed E-state index contributed by atoms with van der Waals surface area (Å²) in [5.41, 5.74) is 1.80. The third kappa shape index (κ3) is 6.54. The van der Waals surface area contributed by atoms with Gasteiger partial charge in [0, 0.05) is 12.2 Å². The lowest BCUT2D eigenvalue weighted by atomic mass is 10.1. The number of hydrogen-bond donors (Lipinski definition) is 3. The maximum Gasteiger partial charge on any atom is 0.238 e. The Balaban J connectivity index is 1.75. The Bertz CT molecular complexity index is 962. The third-order valence-electron chi connectivity index (χ3n) is 3.61. The predicted molar refractivity (Wildman–Crippen MR) is 98.9 cm³/mol. The first kappa shape index (κ1) is 20.1. The van der Waals surface area contributed by atoms with Gasteiger partial charge < -0.3 is 10.6 Å². The molecule has 0 heterocycles. The molecular formula is C18H18N4O4S. The van der Waals surface area contributed by atoms with E-state index in [9.17, 15) is 18.0 Å². The van der Waals surface area contributed by atoms with Crippen molar-refractivity contribution in [1.82, 2.24) is 5.32 Å². The quantitative estimate of drug-likeness (QED) is 0.606. The summed E-state index contributed by atoms with van der Waals surface area (Å²) in [6, 6.07) is 14.3. The number of benzene rings is 2. The van der Waals surface area contributed by atoms with Crippen molar-refractivity contribution in [3.8, 4) is 6.07 Å². The zero-order chi connectivity index (χ0) is 19.9. The number of carbonyl (C=O) groups is 2. The fraction of sp³-hybridized carbons (Fsp3) is 0.167. The first-order chi connectivity index (χ1) is 12.8. The van der Waals surface area contributed by atoms with E-state index in [0.717, 1.165) is 5.56 Å². The van der Waals surface area contributed by atoms with Crippen LogP contribution >= 0.6 is 0 Å². The third-order valence-corrected chi connectivity index (χ3v) is 4.54. The maximum absolute atomic E-state index is 11.8. The van der Waals surface area contributed by atoms with E-state index in [-0.39, 0.29) is 11.3 Å². The normalized spacial score (nSPS) is 10.7. The number of amides is 2. The molecule has 0 saturated carbocycles. The molecule has 27 heavy (non-hydrogen) atoms. The first-order valence-corrected chi connectivity index (χ1v) is 9.51. The van der Waals surface area contributed by atoms with Crippen LogP contribution in [0.5, 0.6) is 0 Å². The molecule has 0 unspecified atom stereocenters. The Hall–Kier alpha value is -3.22. The molecule has 4 N–H and O–H groups in total. The summed E-state index contributed by atoms with van der Waals surface area (Å²) in [5, 5.41) is 18.9. The van der Waals surface area contributed by atoms with Crippen LogP contribution in [0.2, 0.25) is 0 Å². The number of nitrogens with zero attached hydrogens (tertiary/aromatic N) is 1. The number of rotatable bonds is 7. The fourth-order valence-electron chi connectivity index (χ4n) is 2.23. The number of nitriles is 1. The Labute approximate surface area is 157 Å². The van der Waals surface area contributed by atoms with Crippen LogP contribution < -0.4 is 15.8 Å². The second-order valence-electron chi connectivity index (χ2n) is 5.70. The fourth-order valence-corrected chi connectivity index (χ4v) is 2.75. The molecule has 2 aromatic rings. The van der Waals surface area contributed by atoms with Gasteiger partial charge in [-0.15, -0.1) is 0 Å². The van der Waals surface area contributed by atoms with Crippen molar-refractivity contribution in [2.45, 2.75) is 17.7 Å². The average Bonchev–Trinajstić information content (AvgIpc) is 2.62. The molecule has 140 valence electrons. The van der Waals surface area contributed by atoms with Crippen molar-refractivity contribution in [3.63, 3.8) is 0 Å². The van der Waals surface area contributed by atoms with Gasteiger partial charge in [0.25, 0.3) is 0 Å². The molecule has 0 aliphatic heterocycles. The van der Waals surface area contributed by atoms with E-state index in [1.807, 2.05) is 6.07 Å². The average molecular weight is 386 g/mol. The first-order valence-electron chi connectivity index (χ1n) is 7.96. The van der Waals surface area contributed by atoms with Crippen molar-refractivity contribution in [2.24, 2.45) is 5.14 Å². The lowest BCUT2D eigenvalue weighted by Crippen LogP contribution is -2.29. The minimum Gasteiger partial charge on any atom is -0.355 e. The Morgan fingerprint density at radius 3 is 2.19 bits per heavy atom.